The lowest BCUT2D eigenvalue weighted by atomic mass is 9.88. The van der Waals surface area contributed by atoms with Crippen LogP contribution in [-0.2, 0) is 20.9 Å². The second kappa shape index (κ2) is 10.3. The molecule has 1 fully saturated rings. The Hall–Kier alpha value is -2.10. The van der Waals surface area contributed by atoms with Crippen molar-refractivity contribution in [1.82, 2.24) is 4.90 Å². The molecule has 5 nitrogen and oxygen atoms in total. The van der Waals surface area contributed by atoms with Gasteiger partial charge in [-0.1, -0.05) is 70.7 Å². The van der Waals surface area contributed by atoms with Crippen molar-refractivity contribution in [3.8, 4) is 11.5 Å². The molecule has 1 aliphatic rings. The molecule has 1 aromatic rings. The number of amides is 2. The third-order valence-corrected chi connectivity index (χ3v) is 6.21. The molecule has 30 heavy (non-hydrogen) atoms. The number of carbonyl (C=O) groups is 2. The van der Waals surface area contributed by atoms with E-state index in [2.05, 4.69) is 31.1 Å². The molecular weight excluding hydrogens is 394 g/mol. The second-order valence-corrected chi connectivity index (χ2v) is 14.2. The van der Waals surface area contributed by atoms with E-state index in [1.165, 1.54) is 4.90 Å². The van der Waals surface area contributed by atoms with Crippen molar-refractivity contribution < 1.29 is 19.1 Å². The molecule has 164 valence electrons. The third-order valence-electron chi connectivity index (χ3n) is 5.32. The van der Waals surface area contributed by atoms with E-state index in [1.807, 2.05) is 58.0 Å². The minimum atomic E-state index is -1.64. The van der Waals surface area contributed by atoms with Crippen molar-refractivity contribution in [3.63, 3.8) is 0 Å². The van der Waals surface area contributed by atoms with Gasteiger partial charge in [-0.15, -0.1) is 11.5 Å². The zero-order valence-corrected chi connectivity index (χ0v) is 20.3. The summed E-state index contributed by atoms with van der Waals surface area (Å²) < 4.78 is 11.3. The number of imide groups is 1. The van der Waals surface area contributed by atoms with Crippen molar-refractivity contribution >= 4 is 20.1 Å². The predicted molar refractivity (Wildman–Crippen MR) is 121 cm³/mol. The van der Waals surface area contributed by atoms with Gasteiger partial charge in [0.25, 0.3) is 0 Å². The highest BCUT2D eigenvalue weighted by molar-refractivity contribution is 6.83. The van der Waals surface area contributed by atoms with Crippen molar-refractivity contribution in [3.05, 3.63) is 35.9 Å². The lowest BCUT2D eigenvalue weighted by Gasteiger charge is -2.30. The van der Waals surface area contributed by atoms with Gasteiger partial charge in [0.05, 0.1) is 30.6 Å². The van der Waals surface area contributed by atoms with Crippen LogP contribution in [0.3, 0.4) is 0 Å². The molecular formula is C24H35NO4Si. The van der Waals surface area contributed by atoms with Crippen molar-refractivity contribution in [2.75, 3.05) is 6.61 Å². The molecule has 1 saturated heterocycles. The number of nitrogens with zero attached hydrogens (tertiary/aromatic N) is 1. The molecule has 2 amide bonds. The number of carbonyl (C=O) groups excluding carboxylic acids is 2. The van der Waals surface area contributed by atoms with Gasteiger partial charge in [-0.2, -0.15) is 0 Å². The molecule has 6 heteroatoms. The Balaban J connectivity index is 2.22. The van der Waals surface area contributed by atoms with Gasteiger partial charge in [-0.3, -0.25) is 4.79 Å². The quantitative estimate of drug-likeness (QED) is 0.464. The Kier molecular flexibility index (Phi) is 8.28. The molecule has 1 heterocycles. The van der Waals surface area contributed by atoms with Gasteiger partial charge < -0.3 is 9.47 Å². The summed E-state index contributed by atoms with van der Waals surface area (Å²) in [7, 11) is -1.64. The van der Waals surface area contributed by atoms with Crippen LogP contribution in [0, 0.1) is 29.2 Å². The number of ether oxygens (including phenoxy) is 2. The monoisotopic (exact) mass is 429 g/mol. The summed E-state index contributed by atoms with van der Waals surface area (Å²) in [5.74, 6) is 2.45. The summed E-state index contributed by atoms with van der Waals surface area (Å²) in [5.41, 5.74) is 4.47. The first kappa shape index (κ1) is 24.2. The maximum absolute atomic E-state index is 13.3. The third kappa shape index (κ3) is 6.45. The molecule has 0 radical (unpaired) electrons. The molecule has 1 aliphatic heterocycles. The summed E-state index contributed by atoms with van der Waals surface area (Å²) in [6.07, 6.45) is -0.815. The lowest BCUT2D eigenvalue weighted by molar-refractivity contribution is -0.136. The van der Waals surface area contributed by atoms with E-state index in [4.69, 9.17) is 9.47 Å². The van der Waals surface area contributed by atoms with E-state index >= 15 is 0 Å². The van der Waals surface area contributed by atoms with Gasteiger partial charge in [0, 0.05) is 0 Å². The molecule has 0 N–H and O–H groups in total. The van der Waals surface area contributed by atoms with Gasteiger partial charge >= 0.3 is 6.09 Å². The Bertz CT molecular complexity index is 791. The number of cyclic esters (lactones) is 1. The average Bonchev–Trinajstić information content (AvgIpc) is 3.07. The standard InChI is InChI=1S/C24H35NO4Si/c1-17(2)22-16-29-24(27)25(22)23(26)18(3)21(13-14-30(5,6)7)19(4)28-15-20-11-9-8-10-12-20/h8-12,17-19,21-22H,15-16H2,1-7H3/t18-,19+,21+,22-/m1/s1. The summed E-state index contributed by atoms with van der Waals surface area (Å²) >= 11 is 0. The smallest absolute Gasteiger partial charge is 0.416 e. The molecule has 0 bridgehead atoms. The fraction of sp³-hybridized carbons (Fsp3) is 0.583. The van der Waals surface area contributed by atoms with E-state index in [0.717, 1.165) is 5.56 Å². The molecule has 0 aromatic heterocycles. The normalized spacial score (nSPS) is 19.7. The number of hydrogen-bond acceptors (Lipinski definition) is 4. The van der Waals surface area contributed by atoms with Crippen LogP contribution in [0.25, 0.3) is 0 Å². The first-order valence-corrected chi connectivity index (χ1v) is 14.2. The van der Waals surface area contributed by atoms with Gasteiger partial charge in [0.15, 0.2) is 0 Å². The second-order valence-electron chi connectivity index (χ2n) is 9.43. The molecule has 4 atom stereocenters. The fourth-order valence-electron chi connectivity index (χ4n) is 3.41. The minimum absolute atomic E-state index is 0.130. The van der Waals surface area contributed by atoms with Gasteiger partial charge in [-0.05, 0) is 18.4 Å². The van der Waals surface area contributed by atoms with E-state index in [-0.39, 0.29) is 36.5 Å². The van der Waals surface area contributed by atoms with Crippen LogP contribution in [0.5, 0.6) is 0 Å². The molecule has 0 spiro atoms. The predicted octanol–water partition coefficient (Wildman–Crippen LogP) is 4.73. The molecule has 2 rings (SSSR count). The highest BCUT2D eigenvalue weighted by atomic mass is 28.3. The SMILES string of the molecule is CC(C)[C@H]1COC(=O)N1C(=O)[C@H](C)[C@H](C#C[Si](C)(C)C)[C@H](C)OCc1ccccc1. The van der Waals surface area contributed by atoms with Crippen LogP contribution in [0.1, 0.15) is 33.3 Å². The van der Waals surface area contributed by atoms with E-state index in [0.29, 0.717) is 6.61 Å². The van der Waals surface area contributed by atoms with Gasteiger partial charge in [0.1, 0.15) is 14.7 Å². The average molecular weight is 430 g/mol. The maximum Gasteiger partial charge on any atom is 0.416 e. The van der Waals surface area contributed by atoms with Crippen LogP contribution >= 0.6 is 0 Å². The number of hydrogen-bond donors (Lipinski definition) is 0. The summed E-state index contributed by atoms with van der Waals surface area (Å²) in [6.45, 7) is 15.0. The Morgan fingerprint density at radius 2 is 1.83 bits per heavy atom. The largest absolute Gasteiger partial charge is 0.447 e. The highest BCUT2D eigenvalue weighted by Crippen LogP contribution is 2.27. The molecule has 0 unspecified atom stereocenters. The summed E-state index contributed by atoms with van der Waals surface area (Å²) in [4.78, 5) is 26.9. The van der Waals surface area contributed by atoms with Crippen molar-refractivity contribution in [2.45, 2.75) is 66.1 Å². The van der Waals surface area contributed by atoms with Crippen LogP contribution in [0.15, 0.2) is 30.3 Å². The van der Waals surface area contributed by atoms with Gasteiger partial charge in [-0.25, -0.2) is 9.69 Å². The minimum Gasteiger partial charge on any atom is -0.447 e. The van der Waals surface area contributed by atoms with E-state index in [1.54, 1.807) is 0 Å². The lowest BCUT2D eigenvalue weighted by Crippen LogP contribution is -2.47. The van der Waals surface area contributed by atoms with Crippen molar-refractivity contribution in [2.24, 2.45) is 17.8 Å². The van der Waals surface area contributed by atoms with E-state index in [9.17, 15) is 9.59 Å². The molecule has 0 aliphatic carbocycles. The van der Waals surface area contributed by atoms with Crippen LogP contribution in [0.2, 0.25) is 19.6 Å². The fourth-order valence-corrected chi connectivity index (χ4v) is 4.01. The first-order chi connectivity index (χ1) is 14.0. The Morgan fingerprint density at radius 3 is 2.40 bits per heavy atom. The van der Waals surface area contributed by atoms with Crippen LogP contribution in [-0.4, -0.2) is 43.7 Å². The summed E-state index contributed by atoms with van der Waals surface area (Å²) in [5, 5.41) is 0. The van der Waals surface area contributed by atoms with E-state index < -0.39 is 20.1 Å². The molecule has 1 aromatic carbocycles. The highest BCUT2D eigenvalue weighted by Gasteiger charge is 2.43. The van der Waals surface area contributed by atoms with Crippen LogP contribution < -0.4 is 0 Å². The Morgan fingerprint density at radius 1 is 1.20 bits per heavy atom. The summed E-state index contributed by atoms with van der Waals surface area (Å²) in [6, 6.07) is 9.70. The molecule has 0 saturated carbocycles. The van der Waals surface area contributed by atoms with Gasteiger partial charge in [0.2, 0.25) is 5.91 Å². The zero-order valence-electron chi connectivity index (χ0n) is 19.3. The first-order valence-electron chi connectivity index (χ1n) is 10.7. The number of rotatable bonds is 7. The Labute approximate surface area is 182 Å². The van der Waals surface area contributed by atoms with Crippen molar-refractivity contribution in [1.29, 1.82) is 0 Å². The maximum atomic E-state index is 13.3. The zero-order chi connectivity index (χ0) is 22.5. The number of benzene rings is 1. The van der Waals surface area contributed by atoms with Crippen LogP contribution in [0.4, 0.5) is 4.79 Å². The topological polar surface area (TPSA) is 55.8 Å².